The van der Waals surface area contributed by atoms with Crippen LogP contribution < -0.4 is 10.5 Å². The quantitative estimate of drug-likeness (QED) is 0.359. The third-order valence-electron chi connectivity index (χ3n) is 5.31. The van der Waals surface area contributed by atoms with Crippen LogP contribution in [-0.4, -0.2) is 26.8 Å². The maximum Gasteiger partial charge on any atom is 0.573 e. The van der Waals surface area contributed by atoms with Crippen molar-refractivity contribution in [1.82, 2.24) is 20.4 Å². The van der Waals surface area contributed by atoms with Crippen molar-refractivity contribution in [3.63, 3.8) is 0 Å². The second-order valence-electron chi connectivity index (χ2n) is 7.50. The maximum absolute atomic E-state index is 12.7. The number of aromatic amines is 1. The van der Waals surface area contributed by atoms with Gasteiger partial charge in [0, 0.05) is 5.92 Å². The van der Waals surface area contributed by atoms with Crippen molar-refractivity contribution in [3.05, 3.63) is 77.4 Å². The molecule has 0 saturated carbocycles. The molecule has 4 aromatic rings. The van der Waals surface area contributed by atoms with Gasteiger partial charge in [-0.05, 0) is 48.1 Å². The highest BCUT2D eigenvalue weighted by Crippen LogP contribution is 2.34. The van der Waals surface area contributed by atoms with Crippen LogP contribution in [0, 0.1) is 0 Å². The molecular formula is C23H22F3N5O. The summed E-state index contributed by atoms with van der Waals surface area (Å²) in [6.45, 7) is 0. The number of rotatable bonds is 8. The number of benzene rings is 2. The topological polar surface area (TPSA) is 89.7 Å². The fourth-order valence-corrected chi connectivity index (χ4v) is 3.93. The smallest absolute Gasteiger partial charge is 0.406 e. The number of pyridine rings is 1. The zero-order valence-corrected chi connectivity index (χ0v) is 17.1. The van der Waals surface area contributed by atoms with E-state index in [1.165, 1.54) is 12.1 Å². The van der Waals surface area contributed by atoms with E-state index in [9.17, 15) is 13.2 Å². The summed E-state index contributed by atoms with van der Waals surface area (Å²) in [4.78, 5) is 4.21. The molecule has 6 nitrogen and oxygen atoms in total. The number of hydrogen-bond donors (Lipinski definition) is 2. The fraction of sp³-hybridized carbons (Fsp3) is 0.261. The minimum absolute atomic E-state index is 0.00392. The normalized spacial score (nSPS) is 12.7. The minimum atomic E-state index is -4.71. The predicted octanol–water partition coefficient (Wildman–Crippen LogP) is 5.38. The van der Waals surface area contributed by atoms with Crippen LogP contribution in [0.15, 0.2) is 60.7 Å². The molecule has 0 aliphatic carbocycles. The number of nitrogens with zero attached hydrogens (tertiary/aromatic N) is 3. The maximum atomic E-state index is 12.7. The Bertz CT molecular complexity index is 1180. The van der Waals surface area contributed by atoms with Crippen molar-refractivity contribution in [3.8, 4) is 5.75 Å². The van der Waals surface area contributed by atoms with Crippen LogP contribution in [0.25, 0.3) is 11.2 Å². The number of nitrogens with two attached hydrogens (primary N) is 1. The van der Waals surface area contributed by atoms with Crippen LogP contribution >= 0.6 is 0 Å². The lowest BCUT2D eigenvalue weighted by Gasteiger charge is -2.19. The molecule has 9 heteroatoms. The number of anilines is 1. The number of nitrogen functional groups attached to an aromatic ring is 1. The van der Waals surface area contributed by atoms with Gasteiger partial charge in [0.05, 0.1) is 0 Å². The van der Waals surface area contributed by atoms with E-state index < -0.39 is 6.36 Å². The molecule has 32 heavy (non-hydrogen) atoms. The summed E-state index contributed by atoms with van der Waals surface area (Å²) >= 11 is 0. The third-order valence-corrected chi connectivity index (χ3v) is 5.31. The Morgan fingerprint density at radius 1 is 0.969 bits per heavy atom. The average Bonchev–Trinajstić information content (AvgIpc) is 3.22. The van der Waals surface area contributed by atoms with Crippen molar-refractivity contribution in [2.45, 2.75) is 38.0 Å². The van der Waals surface area contributed by atoms with E-state index in [1.807, 2.05) is 36.4 Å². The zero-order valence-electron chi connectivity index (χ0n) is 17.1. The first-order valence-corrected chi connectivity index (χ1v) is 10.3. The number of halogens is 3. The highest BCUT2D eigenvalue weighted by molar-refractivity contribution is 5.77. The van der Waals surface area contributed by atoms with Crippen molar-refractivity contribution < 1.29 is 17.9 Å². The molecule has 1 atom stereocenters. The van der Waals surface area contributed by atoms with Gasteiger partial charge in [0.25, 0.3) is 0 Å². The second kappa shape index (κ2) is 9.25. The Morgan fingerprint density at radius 2 is 1.72 bits per heavy atom. The zero-order chi connectivity index (χ0) is 22.6. The summed E-state index contributed by atoms with van der Waals surface area (Å²) in [5, 5.41) is 10.9. The number of H-pyrrole nitrogens is 1. The van der Waals surface area contributed by atoms with Crippen molar-refractivity contribution >= 4 is 17.0 Å². The molecule has 0 spiro atoms. The van der Waals surface area contributed by atoms with Gasteiger partial charge in [0.1, 0.15) is 17.1 Å². The first-order chi connectivity index (χ1) is 15.4. The molecule has 0 saturated heterocycles. The van der Waals surface area contributed by atoms with E-state index in [4.69, 9.17) is 5.73 Å². The molecule has 2 heterocycles. The summed E-state index contributed by atoms with van der Waals surface area (Å²) in [7, 11) is 0. The van der Waals surface area contributed by atoms with Crippen molar-refractivity contribution in [2.75, 3.05) is 5.73 Å². The lowest BCUT2D eigenvalue weighted by Crippen LogP contribution is -2.18. The molecule has 2 aromatic carbocycles. The monoisotopic (exact) mass is 441 g/mol. The van der Waals surface area contributed by atoms with E-state index in [-0.39, 0.29) is 11.7 Å². The number of aromatic nitrogens is 4. The van der Waals surface area contributed by atoms with Crippen LogP contribution in [-0.2, 0) is 6.42 Å². The standard InChI is InChI=1S/C23H22F3N5O/c24-23(25,26)32-19-13-7-5-11-16(19)10-4-6-12-17(15-8-2-1-3-9-15)18-14-20(27)28-22-21(18)29-31-30-22/h1-3,5,7-9,11,13-14,17H,4,6,10,12H2,(H3,27,28,29,30,31). The number of aryl methyl sites for hydroxylation is 1. The largest absolute Gasteiger partial charge is 0.573 e. The van der Waals surface area contributed by atoms with Crippen LogP contribution in [0.1, 0.15) is 41.9 Å². The number of ether oxygens (including phenoxy) is 1. The molecule has 0 bridgehead atoms. The molecule has 0 aliphatic heterocycles. The fourth-order valence-electron chi connectivity index (χ4n) is 3.93. The highest BCUT2D eigenvalue weighted by atomic mass is 19.4. The summed E-state index contributed by atoms with van der Waals surface area (Å²) < 4.78 is 42.2. The van der Waals surface area contributed by atoms with Gasteiger partial charge in [-0.3, -0.25) is 0 Å². The van der Waals surface area contributed by atoms with Gasteiger partial charge in [0.15, 0.2) is 0 Å². The molecule has 3 N–H and O–H groups in total. The summed E-state index contributed by atoms with van der Waals surface area (Å²) in [6, 6.07) is 18.0. The summed E-state index contributed by atoms with van der Waals surface area (Å²) in [5.41, 5.74) is 9.68. The number of nitrogens with one attached hydrogen (secondary N) is 1. The van der Waals surface area contributed by atoms with Crippen molar-refractivity contribution in [2.24, 2.45) is 0 Å². The summed E-state index contributed by atoms with van der Waals surface area (Å²) in [5.74, 6) is 0.210. The number of alkyl halides is 3. The Labute approximate surface area is 182 Å². The molecule has 0 radical (unpaired) electrons. The molecule has 0 aliphatic rings. The first kappa shape index (κ1) is 21.6. The number of unbranched alkanes of at least 4 members (excludes halogenated alkanes) is 1. The molecule has 2 aromatic heterocycles. The molecule has 166 valence electrons. The number of para-hydroxylation sites is 1. The molecule has 1 unspecified atom stereocenters. The van der Waals surface area contributed by atoms with Crippen LogP contribution in [0.2, 0.25) is 0 Å². The minimum Gasteiger partial charge on any atom is -0.406 e. The van der Waals surface area contributed by atoms with E-state index >= 15 is 0 Å². The van der Waals surface area contributed by atoms with E-state index in [0.717, 1.165) is 24.0 Å². The van der Waals surface area contributed by atoms with Gasteiger partial charge in [-0.1, -0.05) is 55.0 Å². The molecule has 4 rings (SSSR count). The van der Waals surface area contributed by atoms with Gasteiger partial charge in [-0.25, -0.2) is 4.98 Å². The number of fused-ring (bicyclic) bond motifs is 1. The van der Waals surface area contributed by atoms with Crippen molar-refractivity contribution in [1.29, 1.82) is 0 Å². The van der Waals surface area contributed by atoms with Crippen LogP contribution in [0.3, 0.4) is 0 Å². The lowest BCUT2D eigenvalue weighted by molar-refractivity contribution is -0.274. The summed E-state index contributed by atoms with van der Waals surface area (Å²) in [6.07, 6.45) is -1.99. The van der Waals surface area contributed by atoms with Crippen LogP contribution in [0.5, 0.6) is 5.75 Å². The Kier molecular flexibility index (Phi) is 6.25. The molecule has 0 fully saturated rings. The average molecular weight is 441 g/mol. The lowest BCUT2D eigenvalue weighted by atomic mass is 9.86. The van der Waals surface area contributed by atoms with Gasteiger partial charge in [0.2, 0.25) is 5.65 Å². The van der Waals surface area contributed by atoms with Crippen LogP contribution in [0.4, 0.5) is 19.0 Å². The third kappa shape index (κ3) is 5.16. The van der Waals surface area contributed by atoms with Gasteiger partial charge < -0.3 is 10.5 Å². The Balaban J connectivity index is 1.51. The SMILES string of the molecule is Nc1cc(C(CCCCc2ccccc2OC(F)(F)F)c2ccccc2)c2n[nH]nc2n1. The van der Waals surface area contributed by atoms with Gasteiger partial charge in [-0.2, -0.15) is 10.3 Å². The predicted molar refractivity (Wildman–Crippen MR) is 115 cm³/mol. The van der Waals surface area contributed by atoms with E-state index in [2.05, 4.69) is 25.1 Å². The second-order valence-corrected chi connectivity index (χ2v) is 7.50. The highest BCUT2D eigenvalue weighted by Gasteiger charge is 2.31. The molecule has 0 amide bonds. The Hall–Kier alpha value is -3.62. The van der Waals surface area contributed by atoms with E-state index in [0.29, 0.717) is 35.4 Å². The Morgan fingerprint density at radius 3 is 2.50 bits per heavy atom. The molecular weight excluding hydrogens is 419 g/mol. The van der Waals surface area contributed by atoms with E-state index in [1.54, 1.807) is 12.1 Å². The number of hydrogen-bond acceptors (Lipinski definition) is 5. The van der Waals surface area contributed by atoms with Gasteiger partial charge >= 0.3 is 6.36 Å². The van der Waals surface area contributed by atoms with Gasteiger partial charge in [-0.15, -0.1) is 18.3 Å². The first-order valence-electron chi connectivity index (χ1n) is 10.3.